The van der Waals surface area contributed by atoms with Crippen LogP contribution in [0, 0.1) is 0 Å². The summed E-state index contributed by atoms with van der Waals surface area (Å²) in [7, 11) is 1.39. The molecule has 0 atom stereocenters. The van der Waals surface area contributed by atoms with E-state index >= 15 is 0 Å². The van der Waals surface area contributed by atoms with Crippen molar-refractivity contribution in [2.24, 2.45) is 0 Å². The monoisotopic (exact) mass is 308 g/mol. The minimum Gasteiger partial charge on any atom is -0.465 e. The van der Waals surface area contributed by atoms with Crippen LogP contribution >= 0.6 is 0 Å². The molecule has 0 aromatic carbocycles. The van der Waals surface area contributed by atoms with Crippen LogP contribution in [-0.2, 0) is 22.3 Å². The molecule has 3 heterocycles. The van der Waals surface area contributed by atoms with E-state index in [-0.39, 0.29) is 5.97 Å². The van der Waals surface area contributed by atoms with Crippen molar-refractivity contribution in [1.29, 1.82) is 0 Å². The van der Waals surface area contributed by atoms with Crippen molar-refractivity contribution < 1.29 is 18.7 Å². The van der Waals surface area contributed by atoms with Gasteiger partial charge in [0.25, 0.3) is 0 Å². The minimum atomic E-state index is -0.731. The van der Waals surface area contributed by atoms with E-state index in [1.807, 2.05) is 0 Å². The lowest BCUT2D eigenvalue weighted by atomic mass is 10.0. The number of hydrogen-bond donors (Lipinski definition) is 0. The Morgan fingerprint density at radius 3 is 2.82 bits per heavy atom. The molecular weight excluding hydrogens is 287 g/mol. The summed E-state index contributed by atoms with van der Waals surface area (Å²) in [6, 6.07) is 1.79. The topological polar surface area (TPSA) is 51.7 Å². The summed E-state index contributed by atoms with van der Waals surface area (Å²) >= 11 is 0. The molecular formula is C16H21FN2O3. The van der Waals surface area contributed by atoms with Crippen LogP contribution < -0.4 is 4.90 Å². The number of methoxy groups -OCH3 is 1. The first-order valence-corrected chi connectivity index (χ1v) is 7.77. The van der Waals surface area contributed by atoms with Crippen LogP contribution in [0.25, 0.3) is 0 Å². The Morgan fingerprint density at radius 1 is 1.36 bits per heavy atom. The predicted octanol–water partition coefficient (Wildman–Crippen LogP) is 1.92. The van der Waals surface area contributed by atoms with Crippen LogP contribution in [0.3, 0.4) is 0 Å². The highest BCUT2D eigenvalue weighted by Gasteiger charge is 2.24. The van der Waals surface area contributed by atoms with E-state index in [0.29, 0.717) is 57.6 Å². The van der Waals surface area contributed by atoms with Crippen molar-refractivity contribution in [1.82, 2.24) is 4.98 Å². The van der Waals surface area contributed by atoms with Gasteiger partial charge in [0, 0.05) is 25.2 Å². The summed E-state index contributed by atoms with van der Waals surface area (Å²) in [5.41, 5.74) is 2.39. The number of carbonyl (C=O) groups is 1. The Labute approximate surface area is 129 Å². The van der Waals surface area contributed by atoms with Crippen molar-refractivity contribution in [2.45, 2.75) is 31.9 Å². The standard InChI is InChI=1S/C16H21FN2O3/c1-21-16(20)13-10-15(19-6-2-11(17)3-7-19)18-14-5-9-22-8-4-12(13)14/h10-11H,2-9H2,1H3. The smallest absolute Gasteiger partial charge is 0.338 e. The first-order valence-electron chi connectivity index (χ1n) is 7.77. The molecule has 1 saturated heterocycles. The maximum absolute atomic E-state index is 13.3. The Bertz CT molecular complexity index is 557. The molecule has 2 aliphatic rings. The van der Waals surface area contributed by atoms with E-state index in [0.717, 1.165) is 17.1 Å². The zero-order valence-corrected chi connectivity index (χ0v) is 12.8. The van der Waals surface area contributed by atoms with Crippen molar-refractivity contribution in [3.63, 3.8) is 0 Å². The van der Waals surface area contributed by atoms with Crippen molar-refractivity contribution in [3.05, 3.63) is 22.9 Å². The number of esters is 1. The summed E-state index contributed by atoms with van der Waals surface area (Å²) in [5.74, 6) is 0.398. The molecule has 0 N–H and O–H groups in total. The molecule has 2 aliphatic heterocycles. The molecule has 22 heavy (non-hydrogen) atoms. The molecule has 0 unspecified atom stereocenters. The van der Waals surface area contributed by atoms with E-state index < -0.39 is 6.17 Å². The Balaban J connectivity index is 1.97. The molecule has 5 nitrogen and oxygen atoms in total. The first kappa shape index (κ1) is 15.2. The lowest BCUT2D eigenvalue weighted by Gasteiger charge is -2.30. The molecule has 0 amide bonds. The Kier molecular flexibility index (Phi) is 4.57. The third-order valence-electron chi connectivity index (χ3n) is 4.33. The second-order valence-corrected chi connectivity index (χ2v) is 5.72. The SMILES string of the molecule is COC(=O)c1cc(N2CCC(F)CC2)nc2c1CCOCC2. The normalized spacial score (nSPS) is 19.5. The zero-order valence-electron chi connectivity index (χ0n) is 12.8. The molecule has 0 bridgehead atoms. The number of alkyl halides is 1. The average Bonchev–Trinajstić information content (AvgIpc) is 2.79. The van der Waals surface area contributed by atoms with Gasteiger partial charge in [-0.15, -0.1) is 0 Å². The number of halogens is 1. The van der Waals surface area contributed by atoms with Crippen LogP contribution in [-0.4, -0.2) is 50.5 Å². The van der Waals surface area contributed by atoms with Gasteiger partial charge in [0.1, 0.15) is 12.0 Å². The maximum atomic E-state index is 13.3. The fraction of sp³-hybridized carbons (Fsp3) is 0.625. The summed E-state index contributed by atoms with van der Waals surface area (Å²) in [5, 5.41) is 0. The number of nitrogens with zero attached hydrogens (tertiary/aromatic N) is 2. The van der Waals surface area contributed by atoms with Gasteiger partial charge in [-0.05, 0) is 30.9 Å². The van der Waals surface area contributed by atoms with Gasteiger partial charge in [-0.25, -0.2) is 14.2 Å². The van der Waals surface area contributed by atoms with Crippen LogP contribution in [0.5, 0.6) is 0 Å². The van der Waals surface area contributed by atoms with Crippen LogP contribution in [0.4, 0.5) is 10.2 Å². The molecule has 3 rings (SSSR count). The van der Waals surface area contributed by atoms with Gasteiger partial charge in [-0.3, -0.25) is 0 Å². The van der Waals surface area contributed by atoms with Gasteiger partial charge in [0.2, 0.25) is 0 Å². The molecule has 6 heteroatoms. The lowest BCUT2D eigenvalue weighted by Crippen LogP contribution is -2.35. The molecule has 0 saturated carbocycles. The third-order valence-corrected chi connectivity index (χ3v) is 4.33. The van der Waals surface area contributed by atoms with Gasteiger partial charge in [0.05, 0.1) is 25.9 Å². The van der Waals surface area contributed by atoms with Crippen LogP contribution in [0.2, 0.25) is 0 Å². The molecule has 120 valence electrons. The van der Waals surface area contributed by atoms with Gasteiger partial charge < -0.3 is 14.4 Å². The largest absolute Gasteiger partial charge is 0.465 e. The number of pyridine rings is 1. The lowest BCUT2D eigenvalue weighted by molar-refractivity contribution is 0.0599. The fourth-order valence-electron chi connectivity index (χ4n) is 3.07. The zero-order chi connectivity index (χ0) is 15.5. The summed E-state index contributed by atoms with van der Waals surface area (Å²) in [6.45, 7) is 2.45. The number of fused-ring (bicyclic) bond motifs is 1. The molecule has 0 aliphatic carbocycles. The van der Waals surface area contributed by atoms with Crippen LogP contribution in [0.1, 0.15) is 34.5 Å². The fourth-order valence-corrected chi connectivity index (χ4v) is 3.07. The summed E-state index contributed by atoms with van der Waals surface area (Å²) in [6.07, 6.45) is 1.64. The van der Waals surface area contributed by atoms with Crippen molar-refractivity contribution >= 4 is 11.8 Å². The van der Waals surface area contributed by atoms with Gasteiger partial charge >= 0.3 is 5.97 Å². The number of piperidine rings is 1. The van der Waals surface area contributed by atoms with E-state index in [1.165, 1.54) is 7.11 Å². The van der Waals surface area contributed by atoms with Crippen molar-refractivity contribution in [2.75, 3.05) is 38.3 Å². The average molecular weight is 308 g/mol. The highest BCUT2D eigenvalue weighted by atomic mass is 19.1. The number of ether oxygens (including phenoxy) is 2. The maximum Gasteiger partial charge on any atom is 0.338 e. The Hall–Kier alpha value is -1.69. The first-order chi connectivity index (χ1) is 10.7. The quantitative estimate of drug-likeness (QED) is 0.781. The molecule has 1 aromatic rings. The summed E-state index contributed by atoms with van der Waals surface area (Å²) in [4.78, 5) is 18.9. The van der Waals surface area contributed by atoms with E-state index in [1.54, 1.807) is 6.07 Å². The molecule has 1 aromatic heterocycles. The second-order valence-electron chi connectivity index (χ2n) is 5.72. The van der Waals surface area contributed by atoms with E-state index in [2.05, 4.69) is 4.90 Å². The number of carbonyl (C=O) groups excluding carboxylic acids is 1. The van der Waals surface area contributed by atoms with Gasteiger partial charge in [0.15, 0.2) is 0 Å². The minimum absolute atomic E-state index is 0.345. The molecule has 0 radical (unpaired) electrons. The third kappa shape index (κ3) is 3.06. The van der Waals surface area contributed by atoms with E-state index in [9.17, 15) is 9.18 Å². The Morgan fingerprint density at radius 2 is 2.09 bits per heavy atom. The van der Waals surface area contributed by atoms with Gasteiger partial charge in [-0.1, -0.05) is 0 Å². The summed E-state index contributed by atoms with van der Waals surface area (Å²) < 4.78 is 23.7. The molecule has 1 fully saturated rings. The number of anilines is 1. The highest BCUT2D eigenvalue weighted by molar-refractivity contribution is 5.92. The number of hydrogen-bond acceptors (Lipinski definition) is 5. The van der Waals surface area contributed by atoms with Crippen molar-refractivity contribution in [3.8, 4) is 0 Å². The molecule has 0 spiro atoms. The number of rotatable bonds is 2. The number of aromatic nitrogens is 1. The highest BCUT2D eigenvalue weighted by Crippen LogP contribution is 2.26. The van der Waals surface area contributed by atoms with E-state index in [4.69, 9.17) is 14.5 Å². The van der Waals surface area contributed by atoms with Crippen LogP contribution in [0.15, 0.2) is 6.07 Å². The van der Waals surface area contributed by atoms with Gasteiger partial charge in [-0.2, -0.15) is 0 Å². The predicted molar refractivity (Wildman–Crippen MR) is 80.1 cm³/mol. The second kappa shape index (κ2) is 6.60.